The highest BCUT2D eigenvalue weighted by Gasteiger charge is 2.35. The molecular weight excluding hydrogens is 320 g/mol. The number of anilines is 1. The molecule has 1 aliphatic heterocycles. The standard InChI is InChI=1S/C17H22N6O2/c1-12(2)15-16(24)18-8-9-23(15)17(25)19-14-11-22(21-20-14)10-13-6-4-3-5-7-13/h3-7,11-12,15H,8-10H2,1-2H3,(H,18,24)(H,19,25). The SMILES string of the molecule is CC(C)C1C(=O)NCCN1C(=O)Nc1cn(Cc2ccccc2)nn1. The van der Waals surface area contributed by atoms with E-state index in [0.29, 0.717) is 25.5 Å². The maximum absolute atomic E-state index is 12.6. The van der Waals surface area contributed by atoms with Crippen LogP contribution in [0.1, 0.15) is 19.4 Å². The molecule has 132 valence electrons. The Morgan fingerprint density at radius 1 is 1.36 bits per heavy atom. The summed E-state index contributed by atoms with van der Waals surface area (Å²) in [6, 6.07) is 9.06. The first-order chi connectivity index (χ1) is 12.0. The molecule has 1 aliphatic rings. The zero-order valence-electron chi connectivity index (χ0n) is 14.3. The van der Waals surface area contributed by atoms with Crippen LogP contribution in [0.3, 0.4) is 0 Å². The Labute approximate surface area is 146 Å². The second kappa shape index (κ2) is 7.33. The number of benzene rings is 1. The van der Waals surface area contributed by atoms with Gasteiger partial charge in [0.15, 0.2) is 5.82 Å². The fourth-order valence-corrected chi connectivity index (χ4v) is 2.96. The summed E-state index contributed by atoms with van der Waals surface area (Å²) in [6.45, 7) is 5.34. The fourth-order valence-electron chi connectivity index (χ4n) is 2.96. The van der Waals surface area contributed by atoms with Crippen LogP contribution in [0, 0.1) is 5.92 Å². The lowest BCUT2D eigenvalue weighted by Crippen LogP contribution is -2.60. The third-order valence-electron chi connectivity index (χ3n) is 4.11. The van der Waals surface area contributed by atoms with Crippen molar-refractivity contribution in [3.63, 3.8) is 0 Å². The highest BCUT2D eigenvalue weighted by Crippen LogP contribution is 2.16. The van der Waals surface area contributed by atoms with Gasteiger partial charge in [-0.3, -0.25) is 10.1 Å². The largest absolute Gasteiger partial charge is 0.353 e. The Bertz CT molecular complexity index is 743. The summed E-state index contributed by atoms with van der Waals surface area (Å²) in [7, 11) is 0. The van der Waals surface area contributed by atoms with E-state index in [2.05, 4.69) is 20.9 Å². The molecule has 1 atom stereocenters. The quantitative estimate of drug-likeness (QED) is 0.876. The van der Waals surface area contributed by atoms with Crippen LogP contribution in [0.2, 0.25) is 0 Å². The van der Waals surface area contributed by atoms with Crippen LogP contribution in [-0.2, 0) is 11.3 Å². The highest BCUT2D eigenvalue weighted by atomic mass is 16.2. The fraction of sp³-hybridized carbons (Fsp3) is 0.412. The number of piperazine rings is 1. The number of carbonyl (C=O) groups is 2. The topological polar surface area (TPSA) is 92.2 Å². The summed E-state index contributed by atoms with van der Waals surface area (Å²) in [5.74, 6) is 0.276. The molecule has 3 rings (SSSR count). The first kappa shape index (κ1) is 16.9. The Balaban J connectivity index is 1.65. The van der Waals surface area contributed by atoms with Crippen LogP contribution >= 0.6 is 0 Å². The first-order valence-corrected chi connectivity index (χ1v) is 8.34. The lowest BCUT2D eigenvalue weighted by atomic mass is 10.00. The first-order valence-electron chi connectivity index (χ1n) is 8.34. The van der Waals surface area contributed by atoms with Crippen molar-refractivity contribution in [3.8, 4) is 0 Å². The molecular formula is C17H22N6O2. The van der Waals surface area contributed by atoms with Gasteiger partial charge in [0.2, 0.25) is 5.91 Å². The van der Waals surface area contributed by atoms with Crippen molar-refractivity contribution in [1.82, 2.24) is 25.2 Å². The Morgan fingerprint density at radius 2 is 2.12 bits per heavy atom. The van der Waals surface area contributed by atoms with E-state index in [9.17, 15) is 9.59 Å². The molecule has 0 radical (unpaired) electrons. The van der Waals surface area contributed by atoms with Crippen LogP contribution in [0.15, 0.2) is 36.5 Å². The van der Waals surface area contributed by atoms with Crippen LogP contribution in [0.5, 0.6) is 0 Å². The summed E-state index contributed by atoms with van der Waals surface area (Å²) in [6.07, 6.45) is 1.68. The molecule has 25 heavy (non-hydrogen) atoms. The normalized spacial score (nSPS) is 17.5. The number of hydrogen-bond acceptors (Lipinski definition) is 4. The van der Waals surface area contributed by atoms with Crippen molar-refractivity contribution in [3.05, 3.63) is 42.1 Å². The van der Waals surface area contributed by atoms with Gasteiger partial charge in [0.05, 0.1) is 12.7 Å². The number of hydrogen-bond donors (Lipinski definition) is 2. The third kappa shape index (κ3) is 3.96. The summed E-state index contributed by atoms with van der Waals surface area (Å²) < 4.78 is 1.66. The van der Waals surface area contributed by atoms with E-state index >= 15 is 0 Å². The Hall–Kier alpha value is -2.90. The minimum atomic E-state index is -0.479. The smallest absolute Gasteiger partial charge is 0.323 e. The van der Waals surface area contributed by atoms with Crippen LogP contribution in [-0.4, -0.2) is 51.0 Å². The summed E-state index contributed by atoms with van der Waals surface area (Å²) >= 11 is 0. The zero-order valence-corrected chi connectivity index (χ0v) is 14.3. The van der Waals surface area contributed by atoms with E-state index in [1.54, 1.807) is 15.8 Å². The Morgan fingerprint density at radius 3 is 2.84 bits per heavy atom. The van der Waals surface area contributed by atoms with Crippen molar-refractivity contribution in [1.29, 1.82) is 0 Å². The van der Waals surface area contributed by atoms with Gasteiger partial charge in [0.1, 0.15) is 6.04 Å². The number of nitrogens with one attached hydrogen (secondary N) is 2. The molecule has 2 aromatic rings. The van der Waals surface area contributed by atoms with E-state index in [4.69, 9.17) is 0 Å². The molecule has 1 unspecified atom stereocenters. The minimum absolute atomic E-state index is 0.0276. The van der Waals surface area contributed by atoms with Gasteiger partial charge in [-0.05, 0) is 11.5 Å². The second-order valence-electron chi connectivity index (χ2n) is 6.39. The number of aromatic nitrogens is 3. The molecule has 0 aliphatic carbocycles. The molecule has 8 heteroatoms. The van der Waals surface area contributed by atoms with Crippen LogP contribution in [0.4, 0.5) is 10.6 Å². The van der Waals surface area contributed by atoms with Crippen molar-refractivity contribution in [2.24, 2.45) is 5.92 Å². The van der Waals surface area contributed by atoms with E-state index < -0.39 is 6.04 Å². The van der Waals surface area contributed by atoms with Gasteiger partial charge in [-0.15, -0.1) is 5.10 Å². The molecule has 0 spiro atoms. The maximum Gasteiger partial charge on any atom is 0.323 e. The van der Waals surface area contributed by atoms with Gasteiger partial charge in [0, 0.05) is 13.1 Å². The van der Waals surface area contributed by atoms with Crippen LogP contribution < -0.4 is 10.6 Å². The highest BCUT2D eigenvalue weighted by molar-refractivity contribution is 5.94. The van der Waals surface area contributed by atoms with E-state index in [1.165, 1.54) is 0 Å². The average molecular weight is 342 g/mol. The second-order valence-corrected chi connectivity index (χ2v) is 6.39. The lowest BCUT2D eigenvalue weighted by Gasteiger charge is -2.36. The minimum Gasteiger partial charge on any atom is -0.353 e. The summed E-state index contributed by atoms with van der Waals surface area (Å²) in [4.78, 5) is 26.2. The average Bonchev–Trinajstić information content (AvgIpc) is 3.02. The molecule has 2 heterocycles. The van der Waals surface area contributed by atoms with Gasteiger partial charge in [-0.2, -0.15) is 0 Å². The predicted octanol–water partition coefficient (Wildman–Crippen LogP) is 1.31. The zero-order chi connectivity index (χ0) is 17.8. The maximum atomic E-state index is 12.6. The van der Waals surface area contributed by atoms with E-state index in [-0.39, 0.29) is 17.9 Å². The molecule has 0 saturated carbocycles. The van der Waals surface area contributed by atoms with Gasteiger partial charge < -0.3 is 10.2 Å². The molecule has 1 aromatic carbocycles. The molecule has 8 nitrogen and oxygen atoms in total. The van der Waals surface area contributed by atoms with E-state index in [0.717, 1.165) is 5.56 Å². The number of carbonyl (C=O) groups excluding carboxylic acids is 2. The van der Waals surface area contributed by atoms with Crippen molar-refractivity contribution in [2.45, 2.75) is 26.4 Å². The number of urea groups is 1. The Kier molecular flexibility index (Phi) is 4.97. The molecule has 3 amide bonds. The number of amides is 3. The summed E-state index contributed by atoms with van der Waals surface area (Å²) in [5.41, 5.74) is 1.10. The number of rotatable bonds is 4. The third-order valence-corrected chi connectivity index (χ3v) is 4.11. The number of nitrogens with zero attached hydrogens (tertiary/aromatic N) is 4. The van der Waals surface area contributed by atoms with Crippen LogP contribution in [0.25, 0.3) is 0 Å². The molecule has 2 N–H and O–H groups in total. The monoisotopic (exact) mass is 342 g/mol. The molecule has 1 aromatic heterocycles. The summed E-state index contributed by atoms with van der Waals surface area (Å²) in [5, 5.41) is 13.6. The van der Waals surface area contributed by atoms with Gasteiger partial charge in [0.25, 0.3) is 0 Å². The van der Waals surface area contributed by atoms with E-state index in [1.807, 2.05) is 44.2 Å². The molecule has 1 fully saturated rings. The van der Waals surface area contributed by atoms with Crippen molar-refractivity contribution < 1.29 is 9.59 Å². The van der Waals surface area contributed by atoms with Gasteiger partial charge >= 0.3 is 6.03 Å². The predicted molar refractivity (Wildman–Crippen MR) is 92.9 cm³/mol. The molecule has 0 bridgehead atoms. The van der Waals surface area contributed by atoms with Crippen molar-refractivity contribution >= 4 is 17.8 Å². The van der Waals surface area contributed by atoms with Gasteiger partial charge in [-0.1, -0.05) is 49.4 Å². The lowest BCUT2D eigenvalue weighted by molar-refractivity contribution is -0.129. The molecule has 1 saturated heterocycles. The van der Waals surface area contributed by atoms with Crippen molar-refractivity contribution in [2.75, 3.05) is 18.4 Å². The van der Waals surface area contributed by atoms with Gasteiger partial charge in [-0.25, -0.2) is 9.48 Å².